The molecule has 2 saturated carbocycles. The van der Waals surface area contributed by atoms with Crippen molar-refractivity contribution >= 4 is 0 Å². The minimum atomic E-state index is 0.442. The van der Waals surface area contributed by atoms with Crippen molar-refractivity contribution in [3.63, 3.8) is 0 Å². The first-order valence-corrected chi connectivity index (χ1v) is 6.46. The molecule has 0 spiro atoms. The zero-order valence-corrected chi connectivity index (χ0v) is 9.41. The lowest BCUT2D eigenvalue weighted by molar-refractivity contribution is 0.266. The number of unbranched alkanes of at least 4 members (excludes halogenated alkanes) is 2. The van der Waals surface area contributed by atoms with Gasteiger partial charge in [0.15, 0.2) is 0 Å². The summed E-state index contributed by atoms with van der Waals surface area (Å²) in [5.74, 6) is 3.71. The van der Waals surface area contributed by atoms with Crippen molar-refractivity contribution in [3.8, 4) is 0 Å². The number of hydrogen-bond donors (Lipinski definition) is 1. The Hall–Kier alpha value is -0.0400. The number of rotatable bonds is 7. The van der Waals surface area contributed by atoms with Crippen molar-refractivity contribution in [1.82, 2.24) is 0 Å². The molecule has 1 nitrogen and oxygen atoms in total. The molecule has 0 saturated heterocycles. The van der Waals surface area contributed by atoms with Gasteiger partial charge in [0.05, 0.1) is 0 Å². The van der Waals surface area contributed by atoms with Gasteiger partial charge < -0.3 is 5.11 Å². The highest BCUT2D eigenvalue weighted by atomic mass is 16.3. The molecule has 2 fully saturated rings. The molecule has 2 aliphatic rings. The van der Waals surface area contributed by atoms with Gasteiger partial charge in [0, 0.05) is 6.61 Å². The Morgan fingerprint density at radius 3 is 2.36 bits per heavy atom. The van der Waals surface area contributed by atoms with Crippen LogP contribution in [0.15, 0.2) is 0 Å². The summed E-state index contributed by atoms with van der Waals surface area (Å²) in [5.41, 5.74) is 0. The Labute approximate surface area is 87.9 Å². The Morgan fingerprint density at radius 1 is 1.00 bits per heavy atom. The molecule has 0 unspecified atom stereocenters. The summed E-state index contributed by atoms with van der Waals surface area (Å²) in [6, 6.07) is 0. The van der Waals surface area contributed by atoms with Crippen LogP contribution in [0.25, 0.3) is 0 Å². The van der Waals surface area contributed by atoms with E-state index in [0.29, 0.717) is 12.5 Å². The number of hydrogen-bond acceptors (Lipinski definition) is 1. The summed E-state index contributed by atoms with van der Waals surface area (Å²) < 4.78 is 0. The Kier molecular flexibility index (Phi) is 3.48. The fourth-order valence-corrected chi connectivity index (χ4v) is 2.82. The second-order valence-electron chi connectivity index (χ2n) is 5.43. The molecule has 0 aliphatic heterocycles. The van der Waals surface area contributed by atoms with Gasteiger partial charge >= 0.3 is 0 Å². The van der Waals surface area contributed by atoms with Crippen molar-refractivity contribution in [2.45, 2.75) is 51.9 Å². The van der Waals surface area contributed by atoms with Crippen LogP contribution in [0, 0.1) is 23.7 Å². The lowest BCUT2D eigenvalue weighted by Gasteiger charge is -1.99. The second kappa shape index (κ2) is 4.65. The topological polar surface area (TPSA) is 20.2 Å². The highest BCUT2D eigenvalue weighted by Crippen LogP contribution is 2.53. The van der Waals surface area contributed by atoms with Crippen LogP contribution in [-0.4, -0.2) is 11.7 Å². The van der Waals surface area contributed by atoms with Crippen LogP contribution in [-0.2, 0) is 0 Å². The van der Waals surface area contributed by atoms with E-state index in [0.717, 1.165) is 17.8 Å². The lowest BCUT2D eigenvalue weighted by Crippen LogP contribution is -1.91. The van der Waals surface area contributed by atoms with E-state index in [-0.39, 0.29) is 0 Å². The molecular weight excluding hydrogens is 172 g/mol. The fraction of sp³-hybridized carbons (Fsp3) is 1.00. The summed E-state index contributed by atoms with van der Waals surface area (Å²) in [5, 5.41) is 8.95. The maximum Gasteiger partial charge on any atom is 0.0462 e. The maximum atomic E-state index is 8.95. The zero-order chi connectivity index (χ0) is 9.97. The smallest absolute Gasteiger partial charge is 0.0462 e. The average molecular weight is 196 g/mol. The molecule has 0 aromatic carbocycles. The normalized spacial score (nSPS) is 39.9. The van der Waals surface area contributed by atoms with Gasteiger partial charge in [0.1, 0.15) is 0 Å². The van der Waals surface area contributed by atoms with Crippen LogP contribution in [0.4, 0.5) is 0 Å². The number of aliphatic hydroxyl groups is 1. The molecule has 0 amide bonds. The highest BCUT2D eigenvalue weighted by molar-refractivity contribution is 4.94. The van der Waals surface area contributed by atoms with Crippen LogP contribution in [0.3, 0.4) is 0 Å². The third-order valence-electron chi connectivity index (χ3n) is 4.16. The fourth-order valence-electron chi connectivity index (χ4n) is 2.82. The number of aliphatic hydroxyl groups excluding tert-OH is 1. The van der Waals surface area contributed by atoms with Gasteiger partial charge in [0.2, 0.25) is 0 Å². The van der Waals surface area contributed by atoms with Gasteiger partial charge in [-0.1, -0.05) is 32.6 Å². The van der Waals surface area contributed by atoms with E-state index in [2.05, 4.69) is 6.92 Å². The highest BCUT2D eigenvalue weighted by Gasteiger charge is 2.44. The third kappa shape index (κ3) is 2.73. The lowest BCUT2D eigenvalue weighted by atomic mass is 10.1. The molecule has 1 heteroatoms. The van der Waals surface area contributed by atoms with E-state index in [4.69, 9.17) is 5.11 Å². The zero-order valence-electron chi connectivity index (χ0n) is 9.41. The molecule has 0 aromatic rings. The Balaban J connectivity index is 1.50. The van der Waals surface area contributed by atoms with E-state index < -0.39 is 0 Å². The van der Waals surface area contributed by atoms with Gasteiger partial charge in [-0.2, -0.15) is 0 Å². The van der Waals surface area contributed by atoms with Gasteiger partial charge in [-0.3, -0.25) is 0 Å². The molecule has 2 rings (SSSR count). The third-order valence-corrected chi connectivity index (χ3v) is 4.16. The first-order valence-electron chi connectivity index (χ1n) is 6.46. The van der Waals surface area contributed by atoms with E-state index in [1.54, 1.807) is 0 Å². The molecule has 0 bridgehead atoms. The second-order valence-corrected chi connectivity index (χ2v) is 5.43. The molecule has 14 heavy (non-hydrogen) atoms. The van der Waals surface area contributed by atoms with Crippen molar-refractivity contribution in [2.24, 2.45) is 23.7 Å². The van der Waals surface area contributed by atoms with Gasteiger partial charge in [-0.15, -0.1) is 0 Å². The molecule has 0 aromatic heterocycles. The standard InChI is InChI=1S/C13H24O/c1-2-3-4-5-10-6-11(10)7-12-8-13(12)9-14/h10-14H,2-9H2,1H3/t10-,11-,12+,13+/m1/s1. The van der Waals surface area contributed by atoms with Gasteiger partial charge in [-0.25, -0.2) is 0 Å². The average Bonchev–Trinajstić information content (AvgIpc) is 3.06. The SMILES string of the molecule is CCCCC[C@@H]1C[C@@H]1C[C@H]1C[C@H]1CO. The first kappa shape index (κ1) is 10.5. The molecule has 2 aliphatic carbocycles. The predicted molar refractivity (Wildman–Crippen MR) is 59.0 cm³/mol. The Bertz CT molecular complexity index is 178. The maximum absolute atomic E-state index is 8.95. The largest absolute Gasteiger partial charge is 0.396 e. The van der Waals surface area contributed by atoms with E-state index in [9.17, 15) is 0 Å². The molecule has 4 atom stereocenters. The van der Waals surface area contributed by atoms with Crippen LogP contribution < -0.4 is 0 Å². The Morgan fingerprint density at radius 2 is 1.71 bits per heavy atom. The molecule has 1 N–H and O–H groups in total. The molecule has 0 radical (unpaired) electrons. The van der Waals surface area contributed by atoms with Gasteiger partial charge in [0.25, 0.3) is 0 Å². The summed E-state index contributed by atoms with van der Waals surface area (Å²) in [6.07, 6.45) is 9.95. The van der Waals surface area contributed by atoms with Crippen LogP contribution in [0.2, 0.25) is 0 Å². The summed E-state index contributed by atoms with van der Waals surface area (Å²) in [4.78, 5) is 0. The molecule has 82 valence electrons. The van der Waals surface area contributed by atoms with E-state index >= 15 is 0 Å². The summed E-state index contributed by atoms with van der Waals surface area (Å²) in [6.45, 7) is 2.72. The van der Waals surface area contributed by atoms with Crippen molar-refractivity contribution < 1.29 is 5.11 Å². The van der Waals surface area contributed by atoms with Crippen molar-refractivity contribution in [2.75, 3.05) is 6.61 Å². The monoisotopic (exact) mass is 196 g/mol. The summed E-state index contributed by atoms with van der Waals surface area (Å²) in [7, 11) is 0. The van der Waals surface area contributed by atoms with Crippen LogP contribution in [0.1, 0.15) is 51.9 Å². The van der Waals surface area contributed by atoms with E-state index in [1.807, 2.05) is 0 Å². The predicted octanol–water partition coefficient (Wildman–Crippen LogP) is 3.22. The van der Waals surface area contributed by atoms with Crippen molar-refractivity contribution in [1.29, 1.82) is 0 Å². The first-order chi connectivity index (χ1) is 6.85. The van der Waals surface area contributed by atoms with Gasteiger partial charge in [-0.05, 0) is 42.9 Å². The van der Waals surface area contributed by atoms with Crippen LogP contribution in [0.5, 0.6) is 0 Å². The van der Waals surface area contributed by atoms with Crippen LogP contribution >= 0.6 is 0 Å². The summed E-state index contributed by atoms with van der Waals surface area (Å²) >= 11 is 0. The molecule has 0 heterocycles. The minimum Gasteiger partial charge on any atom is -0.396 e. The quantitative estimate of drug-likeness (QED) is 0.620. The van der Waals surface area contributed by atoms with E-state index in [1.165, 1.54) is 44.9 Å². The minimum absolute atomic E-state index is 0.442. The molecular formula is C13H24O. The van der Waals surface area contributed by atoms with Crippen molar-refractivity contribution in [3.05, 3.63) is 0 Å².